The average molecular weight is 422 g/mol. The van der Waals surface area contributed by atoms with Crippen molar-refractivity contribution in [1.82, 2.24) is 14.9 Å². The van der Waals surface area contributed by atoms with Crippen molar-refractivity contribution < 1.29 is 4.79 Å². The van der Waals surface area contributed by atoms with Crippen molar-refractivity contribution in [2.75, 3.05) is 36.4 Å². The van der Waals surface area contributed by atoms with Gasteiger partial charge in [-0.15, -0.1) is 0 Å². The molecule has 3 heterocycles. The highest BCUT2D eigenvalue weighted by atomic mass is 32.2. The van der Waals surface area contributed by atoms with Gasteiger partial charge in [0.2, 0.25) is 0 Å². The molecule has 0 unspecified atom stereocenters. The number of piperazine rings is 1. The van der Waals surface area contributed by atoms with Gasteiger partial charge in [-0.2, -0.15) is 0 Å². The quantitative estimate of drug-likeness (QED) is 0.754. The van der Waals surface area contributed by atoms with Crippen molar-refractivity contribution in [3.05, 3.63) is 52.8 Å². The average Bonchev–Trinajstić information content (AvgIpc) is 2.73. The largest absolute Gasteiger partial charge is 0.353 e. The number of anilines is 2. The number of benzene rings is 1. The Balaban J connectivity index is 1.32. The van der Waals surface area contributed by atoms with E-state index in [0.29, 0.717) is 6.42 Å². The second kappa shape index (κ2) is 7.71. The predicted octanol–water partition coefficient (Wildman–Crippen LogP) is 3.92. The Morgan fingerprint density at radius 3 is 2.60 bits per heavy atom. The normalized spacial score (nSPS) is 21.1. The smallest absolute Gasteiger partial charge is 0.171 e. The lowest BCUT2D eigenvalue weighted by Gasteiger charge is -2.38. The first-order valence-electron chi connectivity index (χ1n) is 10.6. The molecule has 2 aliphatic heterocycles. The van der Waals surface area contributed by atoms with E-state index in [4.69, 9.17) is 0 Å². The first-order chi connectivity index (χ1) is 14.5. The number of hydrogen-bond donors (Lipinski definition) is 1. The van der Waals surface area contributed by atoms with E-state index in [9.17, 15) is 4.79 Å². The van der Waals surface area contributed by atoms with Gasteiger partial charge in [0.05, 0.1) is 4.91 Å². The van der Waals surface area contributed by atoms with Gasteiger partial charge in [-0.1, -0.05) is 55.9 Å². The number of fused-ring (bicyclic) bond motifs is 1. The molecule has 1 N–H and O–H groups in total. The first kappa shape index (κ1) is 19.6. The molecule has 0 amide bonds. The molecule has 0 radical (unpaired) electrons. The number of carbonyl (C=O) groups excluding carboxylic acids is 1. The van der Waals surface area contributed by atoms with E-state index >= 15 is 0 Å². The van der Waals surface area contributed by atoms with Crippen molar-refractivity contribution in [2.24, 2.45) is 5.41 Å². The number of nitrogens with one attached hydrogen (secondary N) is 1. The third-order valence-corrected chi connectivity index (χ3v) is 7.19. The molecule has 1 aliphatic carbocycles. The monoisotopic (exact) mass is 421 g/mol. The zero-order valence-corrected chi connectivity index (χ0v) is 18.3. The van der Waals surface area contributed by atoms with Crippen molar-refractivity contribution >= 4 is 29.1 Å². The number of thioether (sulfide) groups is 1. The van der Waals surface area contributed by atoms with Crippen LogP contribution in [0.3, 0.4) is 0 Å². The maximum atomic E-state index is 12.6. The molecule has 0 saturated carbocycles. The van der Waals surface area contributed by atoms with Crippen molar-refractivity contribution in [3.63, 3.8) is 0 Å². The van der Waals surface area contributed by atoms with E-state index in [1.165, 1.54) is 17.3 Å². The molecule has 1 aromatic carbocycles. The molecule has 6 nitrogen and oxygen atoms in total. The standard InChI is InChI=1S/C23H27N5OS/c1-23(2)12-17-20(18(29)13-23)30-22-19(26-17)21(24-15-25-22)28-10-8-27(9-11-28)14-16-6-4-3-5-7-16/h3-7,15,26H,8-14H2,1-2H3. The number of nitrogens with zero attached hydrogens (tertiary/aromatic N) is 4. The molecule has 5 rings (SSSR count). The molecule has 0 atom stereocenters. The van der Waals surface area contributed by atoms with Gasteiger partial charge < -0.3 is 10.2 Å². The summed E-state index contributed by atoms with van der Waals surface area (Å²) < 4.78 is 0. The van der Waals surface area contributed by atoms with Crippen LogP contribution in [0, 0.1) is 5.41 Å². The van der Waals surface area contributed by atoms with Crippen molar-refractivity contribution in [3.8, 4) is 0 Å². The van der Waals surface area contributed by atoms with E-state index < -0.39 is 0 Å². The van der Waals surface area contributed by atoms with Gasteiger partial charge >= 0.3 is 0 Å². The number of Topliss-reactive ketones (excluding diaryl/α,β-unsaturated/α-hetero) is 1. The van der Waals surface area contributed by atoms with Crippen LogP contribution < -0.4 is 10.2 Å². The summed E-state index contributed by atoms with van der Waals surface area (Å²) in [5, 5.41) is 4.42. The van der Waals surface area contributed by atoms with Crippen molar-refractivity contribution in [2.45, 2.75) is 38.3 Å². The van der Waals surface area contributed by atoms with Crippen LogP contribution in [-0.2, 0) is 11.3 Å². The lowest BCUT2D eigenvalue weighted by Crippen LogP contribution is -2.46. The highest BCUT2D eigenvalue weighted by Crippen LogP contribution is 2.49. The van der Waals surface area contributed by atoms with Gasteiger partial charge in [-0.25, -0.2) is 9.97 Å². The number of hydrogen-bond acceptors (Lipinski definition) is 7. The minimum Gasteiger partial charge on any atom is -0.353 e. The van der Waals surface area contributed by atoms with Crippen molar-refractivity contribution in [1.29, 1.82) is 0 Å². The zero-order valence-electron chi connectivity index (χ0n) is 17.5. The number of allylic oxidation sites excluding steroid dienone is 2. The highest BCUT2D eigenvalue weighted by Gasteiger charge is 2.37. The Morgan fingerprint density at radius 1 is 1.07 bits per heavy atom. The number of carbonyl (C=O) groups is 1. The van der Waals surface area contributed by atoms with E-state index in [1.54, 1.807) is 6.33 Å². The molecule has 156 valence electrons. The Bertz CT molecular complexity index is 996. The molecule has 1 saturated heterocycles. The molecule has 0 bridgehead atoms. The highest BCUT2D eigenvalue weighted by molar-refractivity contribution is 8.04. The Labute approximate surface area is 181 Å². The van der Waals surface area contributed by atoms with Crippen LogP contribution in [0.4, 0.5) is 11.5 Å². The minimum atomic E-state index is -0.0140. The summed E-state index contributed by atoms with van der Waals surface area (Å²) in [7, 11) is 0. The fourth-order valence-electron chi connectivity index (χ4n) is 4.52. The van der Waals surface area contributed by atoms with E-state index in [1.807, 2.05) is 0 Å². The van der Waals surface area contributed by atoms with Crippen LogP contribution in [0.1, 0.15) is 32.3 Å². The second-order valence-electron chi connectivity index (χ2n) is 9.10. The summed E-state index contributed by atoms with van der Waals surface area (Å²) in [5.41, 5.74) is 3.34. The van der Waals surface area contributed by atoms with Gasteiger partial charge in [0, 0.05) is 44.8 Å². The van der Waals surface area contributed by atoms with Crippen LogP contribution in [0.25, 0.3) is 0 Å². The summed E-state index contributed by atoms with van der Waals surface area (Å²) >= 11 is 1.51. The van der Waals surface area contributed by atoms with Crippen LogP contribution in [-0.4, -0.2) is 46.8 Å². The fourth-order valence-corrected chi connectivity index (χ4v) is 5.49. The number of aromatic nitrogens is 2. The second-order valence-corrected chi connectivity index (χ2v) is 10.1. The molecule has 1 fully saturated rings. The molecule has 3 aliphatic rings. The fraction of sp³-hybridized carbons (Fsp3) is 0.435. The zero-order chi connectivity index (χ0) is 20.7. The summed E-state index contributed by atoms with van der Waals surface area (Å²) in [5.74, 6) is 1.17. The van der Waals surface area contributed by atoms with E-state index in [0.717, 1.165) is 66.3 Å². The summed E-state index contributed by atoms with van der Waals surface area (Å²) in [6, 6.07) is 10.6. The van der Waals surface area contributed by atoms with Crippen LogP contribution in [0.15, 0.2) is 52.3 Å². The van der Waals surface area contributed by atoms with E-state index in [-0.39, 0.29) is 11.2 Å². The van der Waals surface area contributed by atoms with Gasteiger partial charge in [-0.3, -0.25) is 9.69 Å². The lowest BCUT2D eigenvalue weighted by molar-refractivity contribution is -0.117. The first-order valence-corrected chi connectivity index (χ1v) is 11.4. The summed E-state index contributed by atoms with van der Waals surface area (Å²) in [4.78, 5) is 27.4. The summed E-state index contributed by atoms with van der Waals surface area (Å²) in [6.07, 6.45) is 3.10. The Kier molecular flexibility index (Phi) is 5.03. The molecule has 30 heavy (non-hydrogen) atoms. The van der Waals surface area contributed by atoms with Crippen LogP contribution in [0.5, 0.6) is 0 Å². The molecular formula is C23H27N5OS. The predicted molar refractivity (Wildman–Crippen MR) is 120 cm³/mol. The topological polar surface area (TPSA) is 61.4 Å². The SMILES string of the molecule is CC1(C)CC(=O)C2=C(C1)Nc1c(ncnc1N1CCN(Cc3ccccc3)CC1)S2. The van der Waals surface area contributed by atoms with Gasteiger partial charge in [0.1, 0.15) is 17.0 Å². The van der Waals surface area contributed by atoms with Crippen LogP contribution >= 0.6 is 11.8 Å². The Hall–Kier alpha value is -2.38. The third-order valence-electron chi connectivity index (χ3n) is 6.01. The van der Waals surface area contributed by atoms with Gasteiger partial charge in [-0.05, 0) is 17.4 Å². The van der Waals surface area contributed by atoms with Crippen LogP contribution in [0.2, 0.25) is 0 Å². The maximum Gasteiger partial charge on any atom is 0.171 e. The molecule has 7 heteroatoms. The molecule has 2 aromatic rings. The lowest BCUT2D eigenvalue weighted by atomic mass is 9.78. The minimum absolute atomic E-state index is 0.0140. The van der Waals surface area contributed by atoms with Gasteiger partial charge in [0.25, 0.3) is 0 Å². The molecule has 0 spiro atoms. The molecular weight excluding hydrogens is 394 g/mol. The van der Waals surface area contributed by atoms with E-state index in [2.05, 4.69) is 69.3 Å². The number of ketones is 1. The number of rotatable bonds is 3. The van der Waals surface area contributed by atoms with Gasteiger partial charge in [0.15, 0.2) is 11.6 Å². The third kappa shape index (κ3) is 3.84. The Morgan fingerprint density at radius 2 is 1.83 bits per heavy atom. The summed E-state index contributed by atoms with van der Waals surface area (Å²) in [6.45, 7) is 9.16. The maximum absolute atomic E-state index is 12.6. The molecule has 1 aromatic heterocycles.